The van der Waals surface area contributed by atoms with Gasteiger partial charge in [-0.25, -0.2) is 4.90 Å². The van der Waals surface area contributed by atoms with E-state index in [1.54, 1.807) is 37.4 Å². The van der Waals surface area contributed by atoms with Gasteiger partial charge in [-0.05, 0) is 52.9 Å². The Hall–Kier alpha value is -3.71. The van der Waals surface area contributed by atoms with Crippen molar-refractivity contribution in [2.24, 2.45) is 11.8 Å². The summed E-state index contributed by atoms with van der Waals surface area (Å²) in [4.78, 5) is 45.0. The number of ketones is 1. The normalized spacial score (nSPS) is 25.1. The van der Waals surface area contributed by atoms with Crippen molar-refractivity contribution in [1.29, 1.82) is 0 Å². The lowest BCUT2D eigenvalue weighted by atomic mass is 9.84. The highest BCUT2D eigenvalue weighted by molar-refractivity contribution is 7.12. The highest BCUT2D eigenvalue weighted by atomic mass is 32.1. The van der Waals surface area contributed by atoms with E-state index in [9.17, 15) is 14.4 Å². The van der Waals surface area contributed by atoms with E-state index in [1.807, 2.05) is 52.9 Å². The standard InChI is InChI=1S/C26H20N2O4S/c1-32-17-10-8-16(9-11-17)28-25(30)20-21(26(28)31)23(24(29)19-7-4-14-33-19)27-13-12-15-5-2-3-6-18(15)22(20)27/h2-14,20-23H,1H3/t20-,21+,22+,23+/m0/s1. The Labute approximate surface area is 194 Å². The largest absolute Gasteiger partial charge is 0.497 e. The van der Waals surface area contributed by atoms with Gasteiger partial charge >= 0.3 is 0 Å². The van der Waals surface area contributed by atoms with Gasteiger partial charge in [0, 0.05) is 6.20 Å². The molecular formula is C26H20N2O4S. The fourth-order valence-corrected chi connectivity index (χ4v) is 6.11. The zero-order valence-corrected chi connectivity index (χ0v) is 18.6. The molecule has 4 heterocycles. The van der Waals surface area contributed by atoms with E-state index in [0.717, 1.165) is 11.1 Å². The second kappa shape index (κ2) is 7.42. The third kappa shape index (κ3) is 2.82. The van der Waals surface area contributed by atoms with Crippen molar-refractivity contribution < 1.29 is 19.1 Å². The number of benzene rings is 2. The van der Waals surface area contributed by atoms with E-state index in [0.29, 0.717) is 16.3 Å². The van der Waals surface area contributed by atoms with Gasteiger partial charge in [0.1, 0.15) is 11.8 Å². The summed E-state index contributed by atoms with van der Waals surface area (Å²) < 4.78 is 5.21. The average Bonchev–Trinajstić information content (AvgIpc) is 3.55. The molecule has 2 aromatic carbocycles. The smallest absolute Gasteiger partial charge is 0.240 e. The van der Waals surface area contributed by atoms with E-state index >= 15 is 0 Å². The number of thiophene rings is 1. The summed E-state index contributed by atoms with van der Waals surface area (Å²) in [6.07, 6.45) is 3.83. The Bertz CT molecular complexity index is 1300. The molecule has 4 atom stereocenters. The SMILES string of the molecule is COc1ccc(N2C(=O)[C@@H]3[C@H](C2=O)[C@H]2c4ccccc4C=CN2[C@H]3C(=O)c2cccs2)cc1. The maximum Gasteiger partial charge on any atom is 0.240 e. The van der Waals surface area contributed by atoms with Gasteiger partial charge in [0.15, 0.2) is 5.78 Å². The fourth-order valence-electron chi connectivity index (χ4n) is 5.41. The second-order valence-electron chi connectivity index (χ2n) is 8.38. The van der Waals surface area contributed by atoms with Crippen LogP contribution in [0.4, 0.5) is 5.69 Å². The number of anilines is 1. The monoisotopic (exact) mass is 456 g/mol. The second-order valence-corrected chi connectivity index (χ2v) is 9.33. The van der Waals surface area contributed by atoms with Crippen LogP contribution >= 0.6 is 11.3 Å². The van der Waals surface area contributed by atoms with Gasteiger partial charge in [0.25, 0.3) is 0 Å². The minimum Gasteiger partial charge on any atom is -0.497 e. The van der Waals surface area contributed by atoms with Crippen LogP contribution in [0.15, 0.2) is 72.2 Å². The number of nitrogens with zero attached hydrogens (tertiary/aromatic N) is 2. The lowest BCUT2D eigenvalue weighted by Gasteiger charge is -2.35. The van der Waals surface area contributed by atoms with Crippen molar-refractivity contribution in [3.05, 3.63) is 88.2 Å². The Morgan fingerprint density at radius 3 is 2.42 bits per heavy atom. The molecule has 0 N–H and O–H groups in total. The molecule has 1 aromatic heterocycles. The Morgan fingerprint density at radius 2 is 1.70 bits per heavy atom. The number of ether oxygens (including phenoxy) is 1. The molecule has 0 bridgehead atoms. The molecule has 3 aliphatic rings. The van der Waals surface area contributed by atoms with Gasteiger partial charge in [-0.1, -0.05) is 30.3 Å². The molecule has 0 spiro atoms. The molecule has 3 aliphatic heterocycles. The number of methoxy groups -OCH3 is 1. The molecule has 2 fully saturated rings. The number of carbonyl (C=O) groups is 3. The predicted octanol–water partition coefficient (Wildman–Crippen LogP) is 4.16. The van der Waals surface area contributed by atoms with E-state index in [4.69, 9.17) is 4.74 Å². The van der Waals surface area contributed by atoms with Crippen molar-refractivity contribution in [2.75, 3.05) is 12.0 Å². The topological polar surface area (TPSA) is 66.9 Å². The van der Waals surface area contributed by atoms with Gasteiger partial charge in [-0.15, -0.1) is 11.3 Å². The van der Waals surface area contributed by atoms with E-state index in [1.165, 1.54) is 16.2 Å². The minimum atomic E-state index is -0.755. The summed E-state index contributed by atoms with van der Waals surface area (Å²) in [5.41, 5.74) is 2.47. The third-order valence-electron chi connectivity index (χ3n) is 6.82. The van der Waals surface area contributed by atoms with Crippen LogP contribution in [0.25, 0.3) is 6.08 Å². The molecule has 2 amide bonds. The summed E-state index contributed by atoms with van der Waals surface area (Å²) in [6.45, 7) is 0. The average molecular weight is 457 g/mol. The fraction of sp³-hybridized carbons (Fsp3) is 0.192. The van der Waals surface area contributed by atoms with Gasteiger partial charge in [-0.3, -0.25) is 14.4 Å². The lowest BCUT2D eigenvalue weighted by molar-refractivity contribution is -0.123. The Balaban J connectivity index is 1.48. The zero-order valence-electron chi connectivity index (χ0n) is 17.8. The lowest BCUT2D eigenvalue weighted by Crippen LogP contribution is -2.44. The minimum absolute atomic E-state index is 0.121. The van der Waals surface area contributed by atoms with Crippen molar-refractivity contribution in [1.82, 2.24) is 4.90 Å². The van der Waals surface area contributed by atoms with E-state index in [-0.39, 0.29) is 23.6 Å². The van der Waals surface area contributed by atoms with Crippen LogP contribution in [0, 0.1) is 11.8 Å². The van der Waals surface area contributed by atoms with Gasteiger partial charge in [-0.2, -0.15) is 0 Å². The molecule has 0 unspecified atom stereocenters. The van der Waals surface area contributed by atoms with Crippen LogP contribution in [0.1, 0.15) is 26.8 Å². The first-order chi connectivity index (χ1) is 16.1. The van der Waals surface area contributed by atoms with Crippen LogP contribution in [0.5, 0.6) is 5.75 Å². The van der Waals surface area contributed by atoms with E-state index < -0.39 is 17.9 Å². The molecule has 164 valence electrons. The molecule has 3 aromatic rings. The Morgan fingerprint density at radius 1 is 0.939 bits per heavy atom. The number of fused-ring (bicyclic) bond motifs is 5. The van der Waals surface area contributed by atoms with Crippen LogP contribution in [0.2, 0.25) is 0 Å². The molecule has 6 nitrogen and oxygen atoms in total. The van der Waals surface area contributed by atoms with Crippen molar-refractivity contribution in [2.45, 2.75) is 12.1 Å². The Kier molecular flexibility index (Phi) is 4.48. The number of rotatable bonds is 4. The molecule has 6 rings (SSSR count). The number of Topliss-reactive ketones (excluding diaryl/α,β-unsaturated/α-hetero) is 1. The third-order valence-corrected chi connectivity index (χ3v) is 7.71. The zero-order chi connectivity index (χ0) is 22.7. The van der Waals surface area contributed by atoms with Crippen LogP contribution in [0.3, 0.4) is 0 Å². The number of amides is 2. The van der Waals surface area contributed by atoms with Crippen molar-refractivity contribution in [3.63, 3.8) is 0 Å². The maximum absolute atomic E-state index is 13.8. The molecule has 2 saturated heterocycles. The van der Waals surface area contributed by atoms with Crippen LogP contribution in [-0.4, -0.2) is 35.6 Å². The molecule has 0 radical (unpaired) electrons. The summed E-state index contributed by atoms with van der Waals surface area (Å²) in [5.74, 6) is -1.47. The maximum atomic E-state index is 13.8. The van der Waals surface area contributed by atoms with Gasteiger partial charge in [0.2, 0.25) is 11.8 Å². The highest BCUT2D eigenvalue weighted by Gasteiger charge is 2.64. The number of imide groups is 1. The molecular weight excluding hydrogens is 436 g/mol. The summed E-state index contributed by atoms with van der Waals surface area (Å²) >= 11 is 1.36. The molecule has 33 heavy (non-hydrogen) atoms. The summed E-state index contributed by atoms with van der Waals surface area (Å²) in [6, 6.07) is 17.2. The highest BCUT2D eigenvalue weighted by Crippen LogP contribution is 2.53. The molecule has 0 aliphatic carbocycles. The molecule has 0 saturated carbocycles. The predicted molar refractivity (Wildman–Crippen MR) is 125 cm³/mol. The van der Waals surface area contributed by atoms with Crippen molar-refractivity contribution in [3.8, 4) is 5.75 Å². The molecule has 7 heteroatoms. The van der Waals surface area contributed by atoms with Crippen LogP contribution < -0.4 is 9.64 Å². The first-order valence-electron chi connectivity index (χ1n) is 10.7. The number of hydrogen-bond donors (Lipinski definition) is 0. The number of carbonyl (C=O) groups excluding carboxylic acids is 3. The first kappa shape index (κ1) is 19.9. The number of hydrogen-bond acceptors (Lipinski definition) is 6. The van der Waals surface area contributed by atoms with Crippen molar-refractivity contribution >= 4 is 40.7 Å². The summed E-state index contributed by atoms with van der Waals surface area (Å²) in [7, 11) is 1.56. The van der Waals surface area contributed by atoms with Gasteiger partial charge < -0.3 is 9.64 Å². The first-order valence-corrected chi connectivity index (χ1v) is 11.6. The van der Waals surface area contributed by atoms with Gasteiger partial charge in [0.05, 0.1) is 35.6 Å². The quantitative estimate of drug-likeness (QED) is 0.436. The summed E-state index contributed by atoms with van der Waals surface area (Å²) in [5, 5.41) is 1.85. The van der Waals surface area contributed by atoms with Crippen LogP contribution in [-0.2, 0) is 9.59 Å². The van der Waals surface area contributed by atoms with E-state index in [2.05, 4.69) is 0 Å².